The van der Waals surface area contributed by atoms with Gasteiger partial charge in [0, 0.05) is 21.6 Å². The first-order valence-corrected chi connectivity index (χ1v) is 7.65. The van der Waals surface area contributed by atoms with E-state index in [9.17, 15) is 0 Å². The van der Waals surface area contributed by atoms with Gasteiger partial charge in [-0.3, -0.25) is 5.10 Å². The van der Waals surface area contributed by atoms with Crippen molar-refractivity contribution in [1.82, 2.24) is 10.2 Å². The number of H-pyrrole nitrogens is 1. The van der Waals surface area contributed by atoms with Crippen molar-refractivity contribution in [2.75, 3.05) is 5.73 Å². The van der Waals surface area contributed by atoms with E-state index in [1.165, 1.54) is 31.4 Å². The van der Waals surface area contributed by atoms with Crippen molar-refractivity contribution in [1.29, 1.82) is 0 Å². The van der Waals surface area contributed by atoms with Gasteiger partial charge >= 0.3 is 0 Å². The Kier molecular flexibility index (Phi) is 3.47. The number of nitrogens with two attached hydrogens (primary N) is 1. The molecule has 3 nitrogen and oxygen atoms in total. The summed E-state index contributed by atoms with van der Waals surface area (Å²) in [6, 6.07) is 7.85. The number of nitrogens with zero attached hydrogens (tertiary/aromatic N) is 1. The standard InChI is InChI=1S/C16H20ClN3/c1-2-16(9-5-6-10-16)14-13(15(18)20-19-14)11-7-3-4-8-12(11)17/h3-4,7-8H,2,5-6,9-10H2,1H3,(H3,18,19,20). The number of hydrogen-bond acceptors (Lipinski definition) is 2. The molecule has 0 aliphatic heterocycles. The summed E-state index contributed by atoms with van der Waals surface area (Å²) >= 11 is 6.36. The fourth-order valence-electron chi connectivity index (χ4n) is 3.51. The lowest BCUT2D eigenvalue weighted by Crippen LogP contribution is -2.22. The number of benzene rings is 1. The molecule has 106 valence electrons. The molecule has 0 spiro atoms. The highest BCUT2D eigenvalue weighted by Gasteiger charge is 2.38. The van der Waals surface area contributed by atoms with E-state index in [1.54, 1.807) is 0 Å². The summed E-state index contributed by atoms with van der Waals surface area (Å²) < 4.78 is 0. The van der Waals surface area contributed by atoms with Crippen molar-refractivity contribution >= 4 is 17.4 Å². The molecule has 3 N–H and O–H groups in total. The number of hydrogen-bond donors (Lipinski definition) is 2. The smallest absolute Gasteiger partial charge is 0.153 e. The first-order chi connectivity index (χ1) is 9.68. The third-order valence-electron chi connectivity index (χ3n) is 4.71. The molecule has 0 saturated heterocycles. The number of rotatable bonds is 3. The van der Waals surface area contributed by atoms with Gasteiger partial charge in [0.05, 0.1) is 5.69 Å². The first-order valence-electron chi connectivity index (χ1n) is 7.27. The van der Waals surface area contributed by atoms with Crippen LogP contribution in [0.4, 0.5) is 5.82 Å². The Labute approximate surface area is 124 Å². The van der Waals surface area contributed by atoms with E-state index in [0.717, 1.165) is 22.6 Å². The van der Waals surface area contributed by atoms with Crippen LogP contribution in [0, 0.1) is 0 Å². The van der Waals surface area contributed by atoms with Crippen molar-refractivity contribution < 1.29 is 0 Å². The average molecular weight is 290 g/mol. The van der Waals surface area contributed by atoms with E-state index in [0.29, 0.717) is 5.82 Å². The summed E-state index contributed by atoms with van der Waals surface area (Å²) in [7, 11) is 0. The fraction of sp³-hybridized carbons (Fsp3) is 0.438. The van der Waals surface area contributed by atoms with Crippen LogP contribution in [0.15, 0.2) is 24.3 Å². The number of nitrogens with one attached hydrogen (secondary N) is 1. The van der Waals surface area contributed by atoms with Gasteiger partial charge in [-0.2, -0.15) is 5.10 Å². The van der Waals surface area contributed by atoms with Gasteiger partial charge in [0.15, 0.2) is 5.82 Å². The zero-order valence-corrected chi connectivity index (χ0v) is 12.5. The fourth-order valence-corrected chi connectivity index (χ4v) is 3.74. The highest BCUT2D eigenvalue weighted by Crippen LogP contribution is 2.48. The van der Waals surface area contributed by atoms with Gasteiger partial charge < -0.3 is 5.73 Å². The maximum atomic E-state index is 6.36. The molecule has 0 radical (unpaired) electrons. The molecule has 4 heteroatoms. The predicted molar refractivity (Wildman–Crippen MR) is 83.9 cm³/mol. The van der Waals surface area contributed by atoms with Gasteiger partial charge in [-0.15, -0.1) is 0 Å². The van der Waals surface area contributed by atoms with Crippen molar-refractivity contribution in [2.24, 2.45) is 0 Å². The Bertz CT molecular complexity index is 612. The lowest BCUT2D eigenvalue weighted by Gasteiger charge is -2.27. The molecule has 1 saturated carbocycles. The van der Waals surface area contributed by atoms with Gasteiger partial charge in [-0.25, -0.2) is 0 Å². The van der Waals surface area contributed by atoms with Gasteiger partial charge in [0.25, 0.3) is 0 Å². The minimum atomic E-state index is 0.180. The second kappa shape index (κ2) is 5.13. The number of aromatic nitrogens is 2. The zero-order valence-electron chi connectivity index (χ0n) is 11.7. The number of nitrogen functional groups attached to an aromatic ring is 1. The summed E-state index contributed by atoms with van der Waals surface area (Å²) in [4.78, 5) is 0. The van der Waals surface area contributed by atoms with Crippen LogP contribution in [0.25, 0.3) is 11.1 Å². The quantitative estimate of drug-likeness (QED) is 0.872. The molecule has 2 aromatic rings. The number of halogens is 1. The Morgan fingerprint density at radius 2 is 2.00 bits per heavy atom. The van der Waals surface area contributed by atoms with Crippen molar-refractivity contribution in [3.63, 3.8) is 0 Å². The van der Waals surface area contributed by atoms with Crippen LogP contribution in [0.2, 0.25) is 5.02 Å². The number of anilines is 1. The third-order valence-corrected chi connectivity index (χ3v) is 5.03. The van der Waals surface area contributed by atoms with E-state index >= 15 is 0 Å². The predicted octanol–water partition coefficient (Wildman–Crippen LogP) is 4.53. The lowest BCUT2D eigenvalue weighted by molar-refractivity contribution is 0.413. The molecule has 20 heavy (non-hydrogen) atoms. The second-order valence-corrected chi connectivity index (χ2v) is 6.09. The van der Waals surface area contributed by atoms with Crippen LogP contribution < -0.4 is 5.73 Å². The maximum Gasteiger partial charge on any atom is 0.153 e. The molecule has 0 amide bonds. The first kappa shape index (κ1) is 13.5. The van der Waals surface area contributed by atoms with Crippen LogP contribution in [0.5, 0.6) is 0 Å². The largest absolute Gasteiger partial charge is 0.382 e. The van der Waals surface area contributed by atoms with Crippen LogP contribution in [0.1, 0.15) is 44.7 Å². The highest BCUT2D eigenvalue weighted by molar-refractivity contribution is 6.33. The van der Waals surface area contributed by atoms with Crippen molar-refractivity contribution in [2.45, 2.75) is 44.4 Å². The monoisotopic (exact) mass is 289 g/mol. The Hall–Kier alpha value is -1.48. The Balaban J connectivity index is 2.18. The third kappa shape index (κ3) is 2.01. The molecule has 0 bridgehead atoms. The minimum absolute atomic E-state index is 0.180. The summed E-state index contributed by atoms with van der Waals surface area (Å²) in [6.45, 7) is 2.25. The van der Waals surface area contributed by atoms with E-state index < -0.39 is 0 Å². The molecule has 1 aromatic heterocycles. The van der Waals surface area contributed by atoms with Crippen LogP contribution in [-0.2, 0) is 5.41 Å². The Morgan fingerprint density at radius 1 is 1.30 bits per heavy atom. The van der Waals surface area contributed by atoms with Gasteiger partial charge in [0.2, 0.25) is 0 Å². The van der Waals surface area contributed by atoms with Crippen LogP contribution in [-0.4, -0.2) is 10.2 Å². The molecule has 0 unspecified atom stereocenters. The molecule has 1 fully saturated rings. The highest BCUT2D eigenvalue weighted by atomic mass is 35.5. The van der Waals surface area contributed by atoms with E-state index in [1.807, 2.05) is 24.3 Å². The van der Waals surface area contributed by atoms with Gasteiger partial charge in [-0.1, -0.05) is 49.6 Å². The van der Waals surface area contributed by atoms with E-state index in [4.69, 9.17) is 17.3 Å². The van der Waals surface area contributed by atoms with Gasteiger partial charge in [-0.05, 0) is 25.3 Å². The van der Waals surface area contributed by atoms with Crippen molar-refractivity contribution in [3.05, 3.63) is 35.0 Å². The average Bonchev–Trinajstić information content (AvgIpc) is 3.07. The lowest BCUT2D eigenvalue weighted by atomic mass is 9.77. The molecule has 1 aliphatic rings. The molecular weight excluding hydrogens is 270 g/mol. The summed E-state index contributed by atoms with van der Waals surface area (Å²) in [5.41, 5.74) is 9.45. The minimum Gasteiger partial charge on any atom is -0.382 e. The van der Waals surface area contributed by atoms with Crippen LogP contribution >= 0.6 is 11.6 Å². The van der Waals surface area contributed by atoms with Crippen molar-refractivity contribution in [3.8, 4) is 11.1 Å². The molecule has 3 rings (SSSR count). The second-order valence-electron chi connectivity index (χ2n) is 5.68. The van der Waals surface area contributed by atoms with E-state index in [-0.39, 0.29) is 5.41 Å². The Morgan fingerprint density at radius 3 is 2.65 bits per heavy atom. The molecule has 1 aromatic carbocycles. The topological polar surface area (TPSA) is 54.7 Å². The SMILES string of the molecule is CCC1(c2[nH]nc(N)c2-c2ccccc2Cl)CCCC1. The maximum absolute atomic E-state index is 6.36. The van der Waals surface area contributed by atoms with E-state index in [2.05, 4.69) is 17.1 Å². The van der Waals surface area contributed by atoms with Gasteiger partial charge in [0.1, 0.15) is 0 Å². The normalized spacial score (nSPS) is 17.5. The molecule has 1 heterocycles. The number of aromatic amines is 1. The summed E-state index contributed by atoms with van der Waals surface area (Å²) in [5.74, 6) is 0.549. The summed E-state index contributed by atoms with van der Waals surface area (Å²) in [6.07, 6.45) is 6.04. The summed E-state index contributed by atoms with van der Waals surface area (Å²) in [5, 5.41) is 8.19. The molecule has 1 aliphatic carbocycles. The molecular formula is C16H20ClN3. The van der Waals surface area contributed by atoms with Crippen LogP contribution in [0.3, 0.4) is 0 Å². The molecule has 0 atom stereocenters. The zero-order chi connectivity index (χ0) is 14.2.